The highest BCUT2D eigenvalue weighted by Crippen LogP contribution is 2.31. The van der Waals surface area contributed by atoms with Gasteiger partial charge >= 0.3 is 0 Å². The average molecular weight is 226 g/mol. The third-order valence-electron chi connectivity index (χ3n) is 3.23. The Morgan fingerprint density at radius 1 is 1.33 bits per heavy atom. The summed E-state index contributed by atoms with van der Waals surface area (Å²) in [6.07, 6.45) is 2.15. The van der Waals surface area contributed by atoms with E-state index in [0.29, 0.717) is 0 Å². The number of halogens is 1. The smallest absolute Gasteiger partial charge is 0.0540 e. The summed E-state index contributed by atoms with van der Waals surface area (Å²) in [6, 6.07) is 7.82. The van der Waals surface area contributed by atoms with Crippen molar-refractivity contribution < 1.29 is 5.11 Å². The zero-order chi connectivity index (χ0) is 10.7. The van der Waals surface area contributed by atoms with Crippen molar-refractivity contribution in [3.8, 4) is 0 Å². The van der Waals surface area contributed by atoms with Crippen LogP contribution in [-0.4, -0.2) is 24.8 Å². The van der Waals surface area contributed by atoms with Gasteiger partial charge in [-0.1, -0.05) is 23.7 Å². The third kappa shape index (κ3) is 2.17. The number of hydrogen-bond acceptors (Lipinski definition) is 2. The van der Waals surface area contributed by atoms with Crippen molar-refractivity contribution >= 4 is 11.6 Å². The molecule has 1 saturated heterocycles. The molecule has 3 heteroatoms. The lowest BCUT2D eigenvalue weighted by molar-refractivity contribution is 0.162. The van der Waals surface area contributed by atoms with Gasteiger partial charge in [-0.25, -0.2) is 0 Å². The van der Waals surface area contributed by atoms with Crippen LogP contribution in [-0.2, 0) is 5.41 Å². The quantitative estimate of drug-likeness (QED) is 0.807. The van der Waals surface area contributed by atoms with E-state index in [1.807, 2.05) is 24.3 Å². The molecular weight excluding hydrogens is 210 g/mol. The summed E-state index contributed by atoms with van der Waals surface area (Å²) in [5, 5.41) is 13.7. The number of piperidine rings is 1. The summed E-state index contributed by atoms with van der Waals surface area (Å²) in [6.45, 7) is 2.10. The van der Waals surface area contributed by atoms with Gasteiger partial charge in [0.05, 0.1) is 6.61 Å². The topological polar surface area (TPSA) is 32.3 Å². The van der Waals surface area contributed by atoms with Gasteiger partial charge in [0.1, 0.15) is 0 Å². The molecule has 0 bridgehead atoms. The fraction of sp³-hybridized carbons (Fsp3) is 0.500. The summed E-state index contributed by atoms with van der Waals surface area (Å²) in [4.78, 5) is 0. The van der Waals surface area contributed by atoms with Gasteiger partial charge in [-0.2, -0.15) is 0 Å². The maximum atomic E-state index is 9.59. The number of rotatable bonds is 2. The van der Waals surface area contributed by atoms with Gasteiger partial charge < -0.3 is 10.4 Å². The molecule has 1 aliphatic rings. The predicted molar refractivity (Wildman–Crippen MR) is 62.3 cm³/mol. The molecule has 0 saturated carbocycles. The number of nitrogens with one attached hydrogen (secondary N) is 1. The molecule has 1 aromatic carbocycles. The van der Waals surface area contributed by atoms with Crippen LogP contribution in [0.3, 0.4) is 0 Å². The first kappa shape index (κ1) is 10.9. The third-order valence-corrected chi connectivity index (χ3v) is 3.48. The zero-order valence-corrected chi connectivity index (χ0v) is 9.43. The molecule has 0 aromatic heterocycles. The Kier molecular flexibility index (Phi) is 3.29. The van der Waals surface area contributed by atoms with Crippen LogP contribution in [0.2, 0.25) is 5.02 Å². The standard InChI is InChI=1S/C12H16ClNO/c13-11-4-2-10(3-5-11)12(9-15)6-1-7-14-8-12/h2-5,14-15H,1,6-9H2. The Bertz CT molecular complexity index is 317. The van der Waals surface area contributed by atoms with Gasteiger partial charge in [0.25, 0.3) is 0 Å². The van der Waals surface area contributed by atoms with E-state index in [0.717, 1.165) is 31.0 Å². The van der Waals surface area contributed by atoms with Crippen LogP contribution in [0, 0.1) is 0 Å². The molecule has 0 aliphatic carbocycles. The molecule has 1 aromatic rings. The Morgan fingerprint density at radius 2 is 2.07 bits per heavy atom. The van der Waals surface area contributed by atoms with Gasteiger partial charge in [-0.05, 0) is 37.1 Å². The molecule has 1 heterocycles. The van der Waals surface area contributed by atoms with Crippen LogP contribution >= 0.6 is 11.6 Å². The number of benzene rings is 1. The van der Waals surface area contributed by atoms with Crippen molar-refractivity contribution in [2.45, 2.75) is 18.3 Å². The molecular formula is C12H16ClNO. The van der Waals surface area contributed by atoms with E-state index >= 15 is 0 Å². The van der Waals surface area contributed by atoms with E-state index in [1.54, 1.807) is 0 Å². The summed E-state index contributed by atoms with van der Waals surface area (Å²) in [7, 11) is 0. The second-order valence-corrected chi connectivity index (χ2v) is 4.66. The molecule has 1 fully saturated rings. The monoisotopic (exact) mass is 225 g/mol. The fourth-order valence-electron chi connectivity index (χ4n) is 2.24. The highest BCUT2D eigenvalue weighted by molar-refractivity contribution is 6.30. The van der Waals surface area contributed by atoms with Crippen molar-refractivity contribution in [2.75, 3.05) is 19.7 Å². The maximum absolute atomic E-state index is 9.59. The molecule has 2 N–H and O–H groups in total. The number of hydrogen-bond donors (Lipinski definition) is 2. The Hall–Kier alpha value is -0.570. The molecule has 1 aliphatic heterocycles. The van der Waals surface area contributed by atoms with Gasteiger partial charge in [-0.15, -0.1) is 0 Å². The molecule has 0 amide bonds. The molecule has 1 atom stereocenters. The molecule has 15 heavy (non-hydrogen) atoms. The lowest BCUT2D eigenvalue weighted by atomic mass is 9.75. The van der Waals surface area contributed by atoms with Crippen LogP contribution in [0.25, 0.3) is 0 Å². The minimum absolute atomic E-state index is 0.108. The number of aliphatic hydroxyl groups excluding tert-OH is 1. The first-order chi connectivity index (χ1) is 7.27. The van der Waals surface area contributed by atoms with Crippen LogP contribution in [0.4, 0.5) is 0 Å². The average Bonchev–Trinajstić information content (AvgIpc) is 2.31. The van der Waals surface area contributed by atoms with Gasteiger partial charge in [0.2, 0.25) is 0 Å². The van der Waals surface area contributed by atoms with E-state index in [-0.39, 0.29) is 12.0 Å². The van der Waals surface area contributed by atoms with Crippen molar-refractivity contribution in [2.24, 2.45) is 0 Å². The highest BCUT2D eigenvalue weighted by atomic mass is 35.5. The second kappa shape index (κ2) is 4.52. The summed E-state index contributed by atoms with van der Waals surface area (Å²) in [5.74, 6) is 0. The Labute approximate surface area is 95.3 Å². The normalized spacial score (nSPS) is 26.5. The van der Waals surface area contributed by atoms with Crippen molar-refractivity contribution in [1.82, 2.24) is 5.32 Å². The van der Waals surface area contributed by atoms with E-state index in [9.17, 15) is 5.11 Å². The minimum Gasteiger partial charge on any atom is -0.395 e. The second-order valence-electron chi connectivity index (χ2n) is 4.23. The van der Waals surface area contributed by atoms with E-state index in [4.69, 9.17) is 11.6 Å². The summed E-state index contributed by atoms with van der Waals surface area (Å²) >= 11 is 5.86. The van der Waals surface area contributed by atoms with Crippen LogP contribution in [0.1, 0.15) is 18.4 Å². The largest absolute Gasteiger partial charge is 0.395 e. The first-order valence-electron chi connectivity index (χ1n) is 5.34. The molecule has 2 nitrogen and oxygen atoms in total. The van der Waals surface area contributed by atoms with Crippen molar-refractivity contribution in [1.29, 1.82) is 0 Å². The van der Waals surface area contributed by atoms with Crippen LogP contribution < -0.4 is 5.32 Å². The minimum atomic E-state index is -0.108. The summed E-state index contributed by atoms with van der Waals surface area (Å²) in [5.41, 5.74) is 1.07. The fourth-order valence-corrected chi connectivity index (χ4v) is 2.37. The molecule has 0 spiro atoms. The maximum Gasteiger partial charge on any atom is 0.0540 e. The molecule has 82 valence electrons. The van der Waals surface area contributed by atoms with Crippen LogP contribution in [0.5, 0.6) is 0 Å². The lowest BCUT2D eigenvalue weighted by Gasteiger charge is -2.36. The Balaban J connectivity index is 2.28. The van der Waals surface area contributed by atoms with E-state index in [2.05, 4.69) is 5.32 Å². The van der Waals surface area contributed by atoms with Crippen molar-refractivity contribution in [3.05, 3.63) is 34.9 Å². The lowest BCUT2D eigenvalue weighted by Crippen LogP contribution is -2.45. The number of aliphatic hydroxyl groups is 1. The molecule has 1 unspecified atom stereocenters. The molecule has 2 rings (SSSR count). The SMILES string of the molecule is OCC1(c2ccc(Cl)cc2)CCCNC1. The van der Waals surface area contributed by atoms with Crippen molar-refractivity contribution in [3.63, 3.8) is 0 Å². The van der Waals surface area contributed by atoms with E-state index in [1.165, 1.54) is 5.56 Å². The van der Waals surface area contributed by atoms with Gasteiger partial charge in [0.15, 0.2) is 0 Å². The first-order valence-corrected chi connectivity index (χ1v) is 5.72. The van der Waals surface area contributed by atoms with Gasteiger partial charge in [-0.3, -0.25) is 0 Å². The van der Waals surface area contributed by atoms with Crippen LogP contribution in [0.15, 0.2) is 24.3 Å². The predicted octanol–water partition coefficient (Wildman–Crippen LogP) is 1.95. The zero-order valence-electron chi connectivity index (χ0n) is 8.67. The highest BCUT2D eigenvalue weighted by Gasteiger charge is 2.32. The Morgan fingerprint density at radius 3 is 2.60 bits per heavy atom. The summed E-state index contributed by atoms with van der Waals surface area (Å²) < 4.78 is 0. The van der Waals surface area contributed by atoms with E-state index < -0.39 is 0 Å². The van der Waals surface area contributed by atoms with Gasteiger partial charge in [0, 0.05) is 17.0 Å². The molecule has 0 radical (unpaired) electrons.